The van der Waals surface area contributed by atoms with Gasteiger partial charge < -0.3 is 14.5 Å². The van der Waals surface area contributed by atoms with Crippen LogP contribution in [0.3, 0.4) is 0 Å². The number of rotatable bonds is 1. The highest BCUT2D eigenvalue weighted by atomic mass is 16.5. The SMILES string of the molecule is CC(=O)N1CCN(C(=O)C2(C#N)COC2)CC1. The van der Waals surface area contributed by atoms with Gasteiger partial charge in [0.15, 0.2) is 5.41 Å². The monoisotopic (exact) mass is 237 g/mol. The molecule has 2 fully saturated rings. The fourth-order valence-electron chi connectivity index (χ4n) is 2.07. The Morgan fingerprint density at radius 3 is 2.06 bits per heavy atom. The predicted octanol–water partition coefficient (Wildman–Crippen LogP) is -0.783. The average molecular weight is 237 g/mol. The molecule has 0 N–H and O–H groups in total. The molecule has 0 unspecified atom stereocenters. The summed E-state index contributed by atoms with van der Waals surface area (Å²) in [4.78, 5) is 26.6. The van der Waals surface area contributed by atoms with Gasteiger partial charge in [0.05, 0.1) is 19.3 Å². The van der Waals surface area contributed by atoms with E-state index in [1.165, 1.54) is 6.92 Å². The second kappa shape index (κ2) is 4.34. The van der Waals surface area contributed by atoms with Crippen molar-refractivity contribution in [3.8, 4) is 6.07 Å². The van der Waals surface area contributed by atoms with E-state index in [2.05, 4.69) is 0 Å². The lowest BCUT2D eigenvalue weighted by Crippen LogP contribution is -2.59. The number of carbonyl (C=O) groups is 2. The zero-order valence-corrected chi connectivity index (χ0v) is 9.81. The average Bonchev–Trinajstić information content (AvgIpc) is 2.28. The normalized spacial score (nSPS) is 22.6. The maximum absolute atomic E-state index is 12.1. The van der Waals surface area contributed by atoms with Gasteiger partial charge in [-0.15, -0.1) is 0 Å². The highest BCUT2D eigenvalue weighted by Gasteiger charge is 2.49. The number of nitriles is 1. The topological polar surface area (TPSA) is 73.6 Å². The Labute approximate surface area is 99.7 Å². The molecule has 92 valence electrons. The molecule has 0 atom stereocenters. The molecule has 0 aromatic carbocycles. The van der Waals surface area contributed by atoms with Gasteiger partial charge in [0.25, 0.3) is 0 Å². The number of amides is 2. The van der Waals surface area contributed by atoms with Crippen LogP contribution >= 0.6 is 0 Å². The molecular weight excluding hydrogens is 222 g/mol. The van der Waals surface area contributed by atoms with E-state index in [0.29, 0.717) is 26.2 Å². The van der Waals surface area contributed by atoms with Crippen molar-refractivity contribution in [2.24, 2.45) is 5.41 Å². The van der Waals surface area contributed by atoms with E-state index >= 15 is 0 Å². The Hall–Kier alpha value is -1.61. The van der Waals surface area contributed by atoms with Gasteiger partial charge in [0.2, 0.25) is 11.8 Å². The molecule has 0 aliphatic carbocycles. The molecule has 2 aliphatic rings. The Morgan fingerprint density at radius 1 is 1.18 bits per heavy atom. The van der Waals surface area contributed by atoms with Gasteiger partial charge in [0, 0.05) is 33.1 Å². The van der Waals surface area contributed by atoms with Crippen LogP contribution < -0.4 is 0 Å². The molecule has 6 heteroatoms. The molecule has 0 aromatic heterocycles. The highest BCUT2D eigenvalue weighted by Crippen LogP contribution is 2.29. The zero-order valence-electron chi connectivity index (χ0n) is 9.81. The van der Waals surface area contributed by atoms with Crippen LogP contribution in [0.25, 0.3) is 0 Å². The number of piperazine rings is 1. The fourth-order valence-corrected chi connectivity index (χ4v) is 2.07. The first-order valence-corrected chi connectivity index (χ1v) is 5.63. The molecule has 2 amide bonds. The lowest BCUT2D eigenvalue weighted by atomic mass is 9.86. The molecule has 2 aliphatic heterocycles. The third-order valence-corrected chi connectivity index (χ3v) is 3.33. The van der Waals surface area contributed by atoms with Crippen LogP contribution in [0.15, 0.2) is 0 Å². The van der Waals surface area contributed by atoms with Gasteiger partial charge in [-0.2, -0.15) is 5.26 Å². The van der Waals surface area contributed by atoms with E-state index in [-0.39, 0.29) is 25.0 Å². The van der Waals surface area contributed by atoms with E-state index in [0.717, 1.165) is 0 Å². The van der Waals surface area contributed by atoms with Crippen molar-refractivity contribution < 1.29 is 14.3 Å². The minimum atomic E-state index is -0.974. The first-order valence-electron chi connectivity index (χ1n) is 5.63. The minimum Gasteiger partial charge on any atom is -0.377 e. The summed E-state index contributed by atoms with van der Waals surface area (Å²) in [6, 6.07) is 2.05. The summed E-state index contributed by atoms with van der Waals surface area (Å²) in [5.74, 6) is -0.131. The van der Waals surface area contributed by atoms with Crippen LogP contribution in [0.1, 0.15) is 6.92 Å². The number of hydrogen-bond acceptors (Lipinski definition) is 4. The van der Waals surface area contributed by atoms with Gasteiger partial charge >= 0.3 is 0 Å². The molecule has 6 nitrogen and oxygen atoms in total. The summed E-state index contributed by atoms with van der Waals surface area (Å²) in [6.07, 6.45) is 0. The largest absolute Gasteiger partial charge is 0.377 e. The molecule has 17 heavy (non-hydrogen) atoms. The molecule has 2 rings (SSSR count). The Bertz CT molecular complexity index is 376. The molecular formula is C11H15N3O3. The molecule has 0 aromatic rings. The smallest absolute Gasteiger partial charge is 0.247 e. The number of carbonyl (C=O) groups excluding carboxylic acids is 2. The molecule has 0 saturated carbocycles. The molecule has 0 bridgehead atoms. The first kappa shape index (κ1) is 11.9. The van der Waals surface area contributed by atoms with Gasteiger partial charge in [0.1, 0.15) is 0 Å². The van der Waals surface area contributed by atoms with Crippen LogP contribution in [0.5, 0.6) is 0 Å². The zero-order chi connectivity index (χ0) is 12.5. The van der Waals surface area contributed by atoms with Crippen LogP contribution in [-0.4, -0.2) is 61.0 Å². The van der Waals surface area contributed by atoms with Gasteiger partial charge in [-0.25, -0.2) is 0 Å². The van der Waals surface area contributed by atoms with Gasteiger partial charge in [-0.3, -0.25) is 9.59 Å². The second-order valence-corrected chi connectivity index (χ2v) is 4.48. The van der Waals surface area contributed by atoms with E-state index in [1.54, 1.807) is 9.80 Å². The van der Waals surface area contributed by atoms with Gasteiger partial charge in [-0.1, -0.05) is 0 Å². The lowest BCUT2D eigenvalue weighted by Gasteiger charge is -2.41. The van der Waals surface area contributed by atoms with Crippen LogP contribution in [-0.2, 0) is 14.3 Å². The first-order chi connectivity index (χ1) is 8.09. The molecule has 2 saturated heterocycles. The van der Waals surface area contributed by atoms with E-state index in [4.69, 9.17) is 10.00 Å². The standard InChI is InChI=1S/C11H15N3O3/c1-9(15)13-2-4-14(5-3-13)10(16)11(6-12)7-17-8-11/h2-5,7-8H2,1H3. The Kier molecular flexibility index (Phi) is 3.03. The summed E-state index contributed by atoms with van der Waals surface area (Å²) in [7, 11) is 0. The van der Waals surface area contributed by atoms with E-state index in [9.17, 15) is 9.59 Å². The summed E-state index contributed by atoms with van der Waals surface area (Å²) in [5, 5.41) is 9.04. The van der Waals surface area contributed by atoms with E-state index < -0.39 is 5.41 Å². The molecule has 0 radical (unpaired) electrons. The van der Waals surface area contributed by atoms with Crippen molar-refractivity contribution in [1.29, 1.82) is 5.26 Å². The van der Waals surface area contributed by atoms with Crippen molar-refractivity contribution in [3.05, 3.63) is 0 Å². The van der Waals surface area contributed by atoms with Crippen molar-refractivity contribution in [3.63, 3.8) is 0 Å². The third-order valence-electron chi connectivity index (χ3n) is 3.33. The summed E-state index contributed by atoms with van der Waals surface area (Å²) in [5.41, 5.74) is -0.974. The Balaban J connectivity index is 1.95. The summed E-state index contributed by atoms with van der Waals surface area (Å²) < 4.78 is 4.97. The van der Waals surface area contributed by atoms with Crippen molar-refractivity contribution in [2.75, 3.05) is 39.4 Å². The van der Waals surface area contributed by atoms with Crippen LogP contribution in [0.2, 0.25) is 0 Å². The highest BCUT2D eigenvalue weighted by molar-refractivity contribution is 5.87. The van der Waals surface area contributed by atoms with Crippen LogP contribution in [0.4, 0.5) is 0 Å². The minimum absolute atomic E-state index is 0.0269. The van der Waals surface area contributed by atoms with Crippen molar-refractivity contribution in [2.45, 2.75) is 6.92 Å². The number of ether oxygens (including phenoxy) is 1. The fraction of sp³-hybridized carbons (Fsp3) is 0.727. The van der Waals surface area contributed by atoms with Crippen molar-refractivity contribution >= 4 is 11.8 Å². The predicted molar refractivity (Wildman–Crippen MR) is 57.7 cm³/mol. The van der Waals surface area contributed by atoms with Crippen LogP contribution in [0, 0.1) is 16.7 Å². The molecule has 2 heterocycles. The second-order valence-electron chi connectivity index (χ2n) is 4.48. The lowest BCUT2D eigenvalue weighted by molar-refractivity contribution is -0.163. The summed E-state index contributed by atoms with van der Waals surface area (Å²) >= 11 is 0. The summed E-state index contributed by atoms with van der Waals surface area (Å²) in [6.45, 7) is 4.00. The maximum atomic E-state index is 12.1. The van der Waals surface area contributed by atoms with Crippen molar-refractivity contribution in [1.82, 2.24) is 9.80 Å². The number of nitrogens with zero attached hydrogens (tertiary/aromatic N) is 3. The maximum Gasteiger partial charge on any atom is 0.247 e. The number of hydrogen-bond donors (Lipinski definition) is 0. The Morgan fingerprint density at radius 2 is 1.71 bits per heavy atom. The quantitative estimate of drug-likeness (QED) is 0.599. The molecule has 0 spiro atoms. The third kappa shape index (κ3) is 1.98. The van der Waals surface area contributed by atoms with E-state index in [1.807, 2.05) is 6.07 Å². The van der Waals surface area contributed by atoms with Gasteiger partial charge in [-0.05, 0) is 0 Å².